The molecule has 0 heterocycles. The Hall–Kier alpha value is -1.87. The molecule has 2 rings (SSSR count). The van der Waals surface area contributed by atoms with Gasteiger partial charge in [0.25, 0.3) is 0 Å². The summed E-state index contributed by atoms with van der Waals surface area (Å²) >= 11 is 0. The van der Waals surface area contributed by atoms with Crippen LogP contribution < -0.4 is 4.74 Å². The van der Waals surface area contributed by atoms with E-state index in [0.29, 0.717) is 5.56 Å². The van der Waals surface area contributed by atoms with Crippen molar-refractivity contribution in [3.8, 4) is 5.75 Å². The lowest BCUT2D eigenvalue weighted by molar-refractivity contribution is 0.218. The summed E-state index contributed by atoms with van der Waals surface area (Å²) in [5.41, 5.74) is 4.70. The van der Waals surface area contributed by atoms with Gasteiger partial charge in [0.05, 0.1) is 7.11 Å². The Morgan fingerprint density at radius 3 is 2.20 bits per heavy atom. The lowest BCUT2D eigenvalue weighted by Crippen LogP contribution is -2.06. The molecule has 0 saturated heterocycles. The Kier molecular flexibility index (Phi) is 4.09. The third-order valence-corrected chi connectivity index (χ3v) is 3.50. The second kappa shape index (κ2) is 5.63. The summed E-state index contributed by atoms with van der Waals surface area (Å²) in [4.78, 5) is 0. The summed E-state index contributed by atoms with van der Waals surface area (Å²) in [6, 6.07) is 8.51. The third kappa shape index (κ3) is 2.68. The van der Waals surface area contributed by atoms with Gasteiger partial charge < -0.3 is 9.84 Å². The SMILES string of the molecule is COc1cc(C(O)c2c(C)cc(C)cc2C)ccc1F. The maximum Gasteiger partial charge on any atom is 0.165 e. The van der Waals surface area contributed by atoms with Crippen molar-refractivity contribution in [2.24, 2.45) is 0 Å². The van der Waals surface area contributed by atoms with E-state index in [2.05, 4.69) is 0 Å². The van der Waals surface area contributed by atoms with Crippen LogP contribution in [0, 0.1) is 26.6 Å². The highest BCUT2D eigenvalue weighted by Gasteiger charge is 2.17. The Morgan fingerprint density at radius 1 is 1.05 bits per heavy atom. The predicted molar refractivity (Wildman–Crippen MR) is 77.7 cm³/mol. The molecule has 0 radical (unpaired) electrons. The monoisotopic (exact) mass is 274 g/mol. The van der Waals surface area contributed by atoms with E-state index in [-0.39, 0.29) is 5.75 Å². The minimum Gasteiger partial charge on any atom is -0.494 e. The van der Waals surface area contributed by atoms with Gasteiger partial charge in [0.15, 0.2) is 11.6 Å². The number of hydrogen-bond donors (Lipinski definition) is 1. The van der Waals surface area contributed by atoms with Crippen LogP contribution in [0.3, 0.4) is 0 Å². The summed E-state index contributed by atoms with van der Waals surface area (Å²) in [7, 11) is 1.41. The molecule has 0 aromatic heterocycles. The van der Waals surface area contributed by atoms with E-state index in [4.69, 9.17) is 4.74 Å². The lowest BCUT2D eigenvalue weighted by Gasteiger charge is -2.18. The van der Waals surface area contributed by atoms with Crippen molar-refractivity contribution < 1.29 is 14.2 Å². The molecule has 0 aliphatic rings. The molecule has 0 spiro atoms. The molecule has 0 amide bonds. The van der Waals surface area contributed by atoms with Gasteiger partial charge in [-0.3, -0.25) is 0 Å². The zero-order valence-electron chi connectivity index (χ0n) is 12.2. The van der Waals surface area contributed by atoms with Crippen LogP contribution in [0.5, 0.6) is 5.75 Å². The van der Waals surface area contributed by atoms with Crippen molar-refractivity contribution in [1.82, 2.24) is 0 Å². The highest BCUT2D eigenvalue weighted by atomic mass is 19.1. The first-order chi connectivity index (χ1) is 9.43. The first kappa shape index (κ1) is 14.5. The number of hydrogen-bond acceptors (Lipinski definition) is 2. The molecule has 1 N–H and O–H groups in total. The van der Waals surface area contributed by atoms with Gasteiger partial charge in [-0.05, 0) is 55.2 Å². The first-order valence-electron chi connectivity index (χ1n) is 6.53. The molecule has 2 aromatic carbocycles. The molecular weight excluding hydrogens is 255 g/mol. The lowest BCUT2D eigenvalue weighted by atomic mass is 9.92. The van der Waals surface area contributed by atoms with Crippen molar-refractivity contribution in [2.75, 3.05) is 7.11 Å². The maximum absolute atomic E-state index is 13.4. The fourth-order valence-electron chi connectivity index (χ4n) is 2.64. The van der Waals surface area contributed by atoms with E-state index >= 15 is 0 Å². The first-order valence-corrected chi connectivity index (χ1v) is 6.53. The van der Waals surface area contributed by atoms with Crippen molar-refractivity contribution in [1.29, 1.82) is 0 Å². The number of methoxy groups -OCH3 is 1. The van der Waals surface area contributed by atoms with Crippen molar-refractivity contribution in [2.45, 2.75) is 26.9 Å². The number of rotatable bonds is 3. The molecule has 0 bridgehead atoms. The molecule has 0 aliphatic heterocycles. The standard InChI is InChI=1S/C17H19FO2/c1-10-7-11(2)16(12(3)8-10)17(19)13-5-6-14(18)15(9-13)20-4/h5-9,17,19H,1-4H3. The molecule has 0 aliphatic carbocycles. The van der Waals surface area contributed by atoms with Gasteiger partial charge in [-0.2, -0.15) is 0 Å². The normalized spacial score (nSPS) is 12.3. The van der Waals surface area contributed by atoms with Gasteiger partial charge in [-0.25, -0.2) is 4.39 Å². The zero-order chi connectivity index (χ0) is 14.9. The third-order valence-electron chi connectivity index (χ3n) is 3.50. The van der Waals surface area contributed by atoms with Gasteiger partial charge in [0.2, 0.25) is 0 Å². The van der Waals surface area contributed by atoms with Crippen LogP contribution in [-0.2, 0) is 0 Å². The average Bonchev–Trinajstić information content (AvgIpc) is 2.37. The predicted octanol–water partition coefficient (Wildman–Crippen LogP) is 3.84. The van der Waals surface area contributed by atoms with Gasteiger partial charge in [0, 0.05) is 0 Å². The van der Waals surface area contributed by atoms with Gasteiger partial charge >= 0.3 is 0 Å². The number of benzene rings is 2. The number of aliphatic hydroxyl groups excluding tert-OH is 1. The minimum atomic E-state index is -0.787. The molecule has 2 aromatic rings. The second-order valence-electron chi connectivity index (χ2n) is 5.11. The number of halogens is 1. The zero-order valence-corrected chi connectivity index (χ0v) is 12.2. The van der Waals surface area contributed by atoms with Crippen LogP contribution in [0.4, 0.5) is 4.39 Å². The quantitative estimate of drug-likeness (QED) is 0.921. The van der Waals surface area contributed by atoms with Crippen LogP contribution in [-0.4, -0.2) is 12.2 Å². The Labute approximate surface area is 118 Å². The average molecular weight is 274 g/mol. The van der Waals surface area contributed by atoms with E-state index in [0.717, 1.165) is 22.3 Å². The largest absolute Gasteiger partial charge is 0.494 e. The molecule has 106 valence electrons. The van der Waals surface area contributed by atoms with E-state index in [1.54, 1.807) is 12.1 Å². The fraction of sp³-hybridized carbons (Fsp3) is 0.294. The summed E-state index contributed by atoms with van der Waals surface area (Å²) in [6.07, 6.45) is -0.787. The molecule has 1 unspecified atom stereocenters. The topological polar surface area (TPSA) is 29.5 Å². The number of aliphatic hydroxyl groups is 1. The Bertz CT molecular complexity index is 612. The van der Waals surface area contributed by atoms with Crippen molar-refractivity contribution in [3.05, 3.63) is 64.0 Å². The van der Waals surface area contributed by atoms with Gasteiger partial charge in [-0.15, -0.1) is 0 Å². The Morgan fingerprint density at radius 2 is 1.65 bits per heavy atom. The van der Waals surface area contributed by atoms with Crippen LogP contribution in [0.2, 0.25) is 0 Å². The molecular formula is C17H19FO2. The summed E-state index contributed by atoms with van der Waals surface area (Å²) < 4.78 is 18.4. The van der Waals surface area contributed by atoms with E-state index in [1.165, 1.54) is 13.2 Å². The van der Waals surface area contributed by atoms with Crippen molar-refractivity contribution >= 4 is 0 Å². The van der Waals surface area contributed by atoms with Gasteiger partial charge in [0.1, 0.15) is 6.10 Å². The fourth-order valence-corrected chi connectivity index (χ4v) is 2.64. The molecule has 1 atom stereocenters. The van der Waals surface area contributed by atoms with E-state index in [1.807, 2.05) is 32.9 Å². The molecule has 2 nitrogen and oxygen atoms in total. The van der Waals surface area contributed by atoms with Crippen LogP contribution >= 0.6 is 0 Å². The Balaban J connectivity index is 2.49. The summed E-state index contributed by atoms with van der Waals surface area (Å²) in [5.74, 6) is -0.287. The van der Waals surface area contributed by atoms with Crippen molar-refractivity contribution in [3.63, 3.8) is 0 Å². The van der Waals surface area contributed by atoms with E-state index < -0.39 is 11.9 Å². The maximum atomic E-state index is 13.4. The minimum absolute atomic E-state index is 0.143. The molecule has 20 heavy (non-hydrogen) atoms. The van der Waals surface area contributed by atoms with E-state index in [9.17, 15) is 9.50 Å². The molecule has 3 heteroatoms. The summed E-state index contributed by atoms with van der Waals surface area (Å²) in [6.45, 7) is 5.97. The second-order valence-corrected chi connectivity index (χ2v) is 5.11. The highest BCUT2D eigenvalue weighted by Crippen LogP contribution is 2.31. The highest BCUT2D eigenvalue weighted by molar-refractivity contribution is 5.44. The molecule has 0 fully saturated rings. The number of ether oxygens (including phenoxy) is 1. The van der Waals surface area contributed by atoms with Gasteiger partial charge in [-0.1, -0.05) is 23.8 Å². The molecule has 0 saturated carbocycles. The number of aryl methyl sites for hydroxylation is 3. The summed E-state index contributed by atoms with van der Waals surface area (Å²) in [5, 5.41) is 10.6. The van der Waals surface area contributed by atoms with Crippen LogP contribution in [0.1, 0.15) is 33.9 Å². The smallest absolute Gasteiger partial charge is 0.165 e. The van der Waals surface area contributed by atoms with Crippen LogP contribution in [0.15, 0.2) is 30.3 Å². The van der Waals surface area contributed by atoms with Crippen LogP contribution in [0.25, 0.3) is 0 Å².